The van der Waals surface area contributed by atoms with E-state index < -0.39 is 5.97 Å². The molecule has 0 bridgehead atoms. The largest absolute Gasteiger partial charge is 0.451 e. The molecule has 0 atom stereocenters. The van der Waals surface area contributed by atoms with Gasteiger partial charge in [0.15, 0.2) is 17.9 Å². The molecule has 0 aliphatic rings. The fraction of sp³-hybridized carbons (Fsp3) is 0.0625. The van der Waals surface area contributed by atoms with E-state index in [1.807, 2.05) is 41.1 Å². The van der Waals surface area contributed by atoms with E-state index in [1.54, 1.807) is 16.7 Å². The number of thiophene rings is 1. The van der Waals surface area contributed by atoms with Crippen LogP contribution in [-0.4, -0.2) is 15.9 Å². The van der Waals surface area contributed by atoms with Gasteiger partial charge in [0.05, 0.1) is 0 Å². The second kappa shape index (κ2) is 5.94. The van der Waals surface area contributed by atoms with E-state index in [0.29, 0.717) is 17.2 Å². The van der Waals surface area contributed by atoms with Crippen LogP contribution in [0.4, 0.5) is 0 Å². The molecule has 1 aromatic carbocycles. The SMILES string of the molecule is O=C(OCc1nc2ccccc2o1)c1csc(-c2ccsc2)n1. The number of hydrogen-bond donors (Lipinski definition) is 0. The summed E-state index contributed by atoms with van der Waals surface area (Å²) in [6.45, 7) is -0.0151. The molecule has 114 valence electrons. The number of thiazole rings is 1. The Labute approximate surface area is 139 Å². The summed E-state index contributed by atoms with van der Waals surface area (Å²) < 4.78 is 10.7. The average Bonchev–Trinajstić information content (AvgIpc) is 3.31. The highest BCUT2D eigenvalue weighted by molar-refractivity contribution is 7.14. The van der Waals surface area contributed by atoms with Gasteiger partial charge in [0.25, 0.3) is 0 Å². The summed E-state index contributed by atoms with van der Waals surface area (Å²) >= 11 is 3.01. The predicted octanol–water partition coefficient (Wildman–Crippen LogP) is 4.37. The molecule has 3 aromatic heterocycles. The zero-order chi connectivity index (χ0) is 15.6. The third-order valence-electron chi connectivity index (χ3n) is 3.15. The number of para-hydroxylation sites is 2. The number of benzene rings is 1. The number of nitrogens with zero attached hydrogens (tertiary/aromatic N) is 2. The van der Waals surface area contributed by atoms with Gasteiger partial charge in [-0.2, -0.15) is 11.3 Å². The average molecular weight is 342 g/mol. The van der Waals surface area contributed by atoms with E-state index in [0.717, 1.165) is 16.1 Å². The number of esters is 1. The molecule has 0 aliphatic carbocycles. The summed E-state index contributed by atoms with van der Waals surface area (Å²) in [6.07, 6.45) is 0. The van der Waals surface area contributed by atoms with Crippen LogP contribution in [0.15, 0.2) is 50.9 Å². The molecule has 0 aliphatic heterocycles. The summed E-state index contributed by atoms with van der Waals surface area (Å²) in [5.41, 5.74) is 2.73. The molecule has 0 saturated heterocycles. The molecule has 3 heterocycles. The van der Waals surface area contributed by atoms with Gasteiger partial charge in [-0.25, -0.2) is 14.8 Å². The standard InChI is InChI=1S/C16H10N2O3S2/c19-16(12-9-23-15(18-12)10-5-6-22-8-10)20-7-14-17-11-3-1-2-4-13(11)21-14/h1-6,8-9H,7H2. The van der Waals surface area contributed by atoms with Gasteiger partial charge in [-0.3, -0.25) is 0 Å². The van der Waals surface area contributed by atoms with Gasteiger partial charge < -0.3 is 9.15 Å². The van der Waals surface area contributed by atoms with Gasteiger partial charge in [0.2, 0.25) is 5.89 Å². The fourth-order valence-electron chi connectivity index (χ4n) is 2.07. The second-order valence-electron chi connectivity index (χ2n) is 4.70. The Hall–Kier alpha value is -2.51. The molecule has 0 radical (unpaired) electrons. The number of carbonyl (C=O) groups is 1. The molecule has 4 aromatic rings. The van der Waals surface area contributed by atoms with Crippen LogP contribution >= 0.6 is 22.7 Å². The third-order valence-corrected chi connectivity index (χ3v) is 4.72. The molecule has 0 saturated carbocycles. The lowest BCUT2D eigenvalue weighted by Crippen LogP contribution is -2.05. The van der Waals surface area contributed by atoms with Crippen molar-refractivity contribution in [1.29, 1.82) is 0 Å². The predicted molar refractivity (Wildman–Crippen MR) is 88.6 cm³/mol. The van der Waals surface area contributed by atoms with Crippen molar-refractivity contribution < 1.29 is 13.9 Å². The van der Waals surface area contributed by atoms with Crippen LogP contribution in [0.2, 0.25) is 0 Å². The number of oxazole rings is 1. The Bertz CT molecular complexity index is 924. The Kier molecular flexibility index (Phi) is 3.64. The molecule has 0 N–H and O–H groups in total. The molecule has 23 heavy (non-hydrogen) atoms. The fourth-order valence-corrected chi connectivity index (χ4v) is 3.57. The number of hydrogen-bond acceptors (Lipinski definition) is 7. The highest BCUT2D eigenvalue weighted by Crippen LogP contribution is 2.26. The molecule has 7 heteroatoms. The minimum absolute atomic E-state index is 0.0151. The number of carbonyl (C=O) groups excluding carboxylic acids is 1. The quantitative estimate of drug-likeness (QED) is 0.515. The zero-order valence-electron chi connectivity index (χ0n) is 11.8. The van der Waals surface area contributed by atoms with Crippen molar-refractivity contribution in [2.45, 2.75) is 6.61 Å². The van der Waals surface area contributed by atoms with Crippen LogP contribution in [0.5, 0.6) is 0 Å². The van der Waals surface area contributed by atoms with Crippen molar-refractivity contribution in [3.8, 4) is 10.6 Å². The first-order valence-electron chi connectivity index (χ1n) is 6.79. The maximum absolute atomic E-state index is 12.1. The van der Waals surface area contributed by atoms with E-state index in [4.69, 9.17) is 9.15 Å². The topological polar surface area (TPSA) is 65.2 Å². The normalized spacial score (nSPS) is 11.0. The van der Waals surface area contributed by atoms with Crippen molar-refractivity contribution in [3.63, 3.8) is 0 Å². The smallest absolute Gasteiger partial charge is 0.358 e. The Morgan fingerprint density at radius 2 is 2.09 bits per heavy atom. The second-order valence-corrected chi connectivity index (χ2v) is 6.34. The molecular weight excluding hydrogens is 332 g/mol. The molecule has 0 amide bonds. The first-order valence-corrected chi connectivity index (χ1v) is 8.61. The van der Waals surface area contributed by atoms with Gasteiger partial charge in [-0.05, 0) is 23.6 Å². The maximum Gasteiger partial charge on any atom is 0.358 e. The van der Waals surface area contributed by atoms with Crippen LogP contribution in [0, 0.1) is 0 Å². The lowest BCUT2D eigenvalue weighted by atomic mass is 10.3. The molecule has 0 fully saturated rings. The van der Waals surface area contributed by atoms with Crippen LogP contribution in [0.1, 0.15) is 16.4 Å². The third kappa shape index (κ3) is 2.88. The molecule has 0 unspecified atom stereocenters. The van der Waals surface area contributed by atoms with E-state index in [2.05, 4.69) is 9.97 Å². The van der Waals surface area contributed by atoms with Gasteiger partial charge in [-0.15, -0.1) is 11.3 Å². The summed E-state index contributed by atoms with van der Waals surface area (Å²) in [5, 5.41) is 6.47. The van der Waals surface area contributed by atoms with Crippen LogP contribution in [0.25, 0.3) is 21.7 Å². The van der Waals surface area contributed by atoms with Crippen LogP contribution in [-0.2, 0) is 11.3 Å². The van der Waals surface area contributed by atoms with Crippen LogP contribution < -0.4 is 0 Å². The van der Waals surface area contributed by atoms with Crippen molar-refractivity contribution in [1.82, 2.24) is 9.97 Å². The zero-order valence-corrected chi connectivity index (χ0v) is 13.4. The van der Waals surface area contributed by atoms with Crippen molar-refractivity contribution in [2.75, 3.05) is 0 Å². The first kappa shape index (κ1) is 14.1. The maximum atomic E-state index is 12.1. The van der Waals surface area contributed by atoms with Crippen molar-refractivity contribution >= 4 is 39.7 Å². The Morgan fingerprint density at radius 1 is 1.17 bits per heavy atom. The van der Waals surface area contributed by atoms with Gasteiger partial charge in [0.1, 0.15) is 10.5 Å². The summed E-state index contributed by atoms with van der Waals surface area (Å²) in [4.78, 5) is 20.6. The highest BCUT2D eigenvalue weighted by atomic mass is 32.1. The number of fused-ring (bicyclic) bond motifs is 1. The summed E-state index contributed by atoms with van der Waals surface area (Å²) in [6, 6.07) is 9.38. The molecule has 0 spiro atoms. The van der Waals surface area contributed by atoms with E-state index in [9.17, 15) is 4.79 Å². The van der Waals surface area contributed by atoms with Crippen molar-refractivity contribution in [2.24, 2.45) is 0 Å². The summed E-state index contributed by atoms with van der Waals surface area (Å²) in [7, 11) is 0. The number of ether oxygens (including phenoxy) is 1. The minimum Gasteiger partial charge on any atom is -0.451 e. The van der Waals surface area contributed by atoms with Crippen LogP contribution in [0.3, 0.4) is 0 Å². The molecule has 5 nitrogen and oxygen atoms in total. The monoisotopic (exact) mass is 342 g/mol. The van der Waals surface area contributed by atoms with Crippen molar-refractivity contribution in [3.05, 3.63) is 58.1 Å². The lowest BCUT2D eigenvalue weighted by Gasteiger charge is -1.98. The van der Waals surface area contributed by atoms with E-state index in [1.165, 1.54) is 11.3 Å². The van der Waals surface area contributed by atoms with Gasteiger partial charge in [-0.1, -0.05) is 12.1 Å². The number of rotatable bonds is 4. The van der Waals surface area contributed by atoms with E-state index in [-0.39, 0.29) is 6.61 Å². The summed E-state index contributed by atoms with van der Waals surface area (Å²) in [5.74, 6) is -0.113. The molecule has 4 rings (SSSR count). The van der Waals surface area contributed by atoms with Gasteiger partial charge >= 0.3 is 5.97 Å². The van der Waals surface area contributed by atoms with Gasteiger partial charge in [0, 0.05) is 16.3 Å². The molecular formula is C16H10N2O3S2. The Balaban J connectivity index is 1.45. The van der Waals surface area contributed by atoms with E-state index >= 15 is 0 Å². The lowest BCUT2D eigenvalue weighted by molar-refractivity contribution is 0.0434. The highest BCUT2D eigenvalue weighted by Gasteiger charge is 2.15. The first-order chi connectivity index (χ1) is 11.3. The Morgan fingerprint density at radius 3 is 2.91 bits per heavy atom. The number of aromatic nitrogens is 2. The minimum atomic E-state index is -0.481.